The lowest BCUT2D eigenvalue weighted by molar-refractivity contribution is -0.118. The van der Waals surface area contributed by atoms with E-state index in [0.29, 0.717) is 17.9 Å². The zero-order valence-corrected chi connectivity index (χ0v) is 26.9. The smallest absolute Gasteiger partial charge is 0.325 e. The number of carbonyl (C=O) groups is 2. The summed E-state index contributed by atoms with van der Waals surface area (Å²) >= 11 is 0. The predicted octanol–water partition coefficient (Wildman–Crippen LogP) is 8.59. The van der Waals surface area contributed by atoms with Gasteiger partial charge in [0.15, 0.2) is 0 Å². The molecular formula is C39H43N5O2. The second kappa shape index (κ2) is 14.1. The highest BCUT2D eigenvalue weighted by molar-refractivity contribution is 6.14. The molecule has 4 aromatic rings. The number of nitrogens with zero attached hydrogens (tertiary/aromatic N) is 3. The Kier molecular flexibility index (Phi) is 9.60. The van der Waals surface area contributed by atoms with Crippen LogP contribution in [0.3, 0.4) is 0 Å². The maximum absolute atomic E-state index is 14.7. The molecule has 1 saturated carbocycles. The molecule has 46 heavy (non-hydrogen) atoms. The number of anilines is 3. The van der Waals surface area contributed by atoms with Gasteiger partial charge in [0, 0.05) is 17.2 Å². The number of likely N-dealkylation sites (N-methyl/N-ethyl adjacent to an activating group) is 1. The fourth-order valence-corrected chi connectivity index (χ4v) is 6.76. The van der Waals surface area contributed by atoms with Gasteiger partial charge in [-0.3, -0.25) is 9.69 Å². The number of nitrogens with one attached hydrogen (secondary N) is 2. The molecule has 3 amide bonds. The van der Waals surface area contributed by atoms with Gasteiger partial charge in [0.1, 0.15) is 0 Å². The summed E-state index contributed by atoms with van der Waals surface area (Å²) in [6.45, 7) is 4.36. The van der Waals surface area contributed by atoms with Crippen molar-refractivity contribution in [1.82, 2.24) is 10.3 Å². The number of urea groups is 1. The van der Waals surface area contributed by atoms with E-state index >= 15 is 0 Å². The Morgan fingerprint density at radius 2 is 1.48 bits per heavy atom. The van der Waals surface area contributed by atoms with Gasteiger partial charge in [-0.05, 0) is 72.8 Å². The molecule has 4 aromatic carbocycles. The summed E-state index contributed by atoms with van der Waals surface area (Å²) in [5, 5.41) is 13.0. The molecule has 236 valence electrons. The van der Waals surface area contributed by atoms with Crippen LogP contribution in [0, 0.1) is 11.8 Å². The van der Waals surface area contributed by atoms with E-state index in [1.165, 1.54) is 19.3 Å². The van der Waals surface area contributed by atoms with Crippen molar-refractivity contribution < 1.29 is 9.59 Å². The Labute approximate surface area is 272 Å². The first-order valence-electron chi connectivity index (χ1n) is 16.5. The second-order valence-electron chi connectivity index (χ2n) is 12.6. The van der Waals surface area contributed by atoms with E-state index in [1.807, 2.05) is 86.6 Å². The summed E-state index contributed by atoms with van der Waals surface area (Å²) < 4.78 is 0. The lowest BCUT2D eigenvalue weighted by Crippen LogP contribution is -2.42. The van der Waals surface area contributed by atoms with Crippen molar-refractivity contribution in [2.24, 2.45) is 16.9 Å². The highest BCUT2D eigenvalue weighted by atomic mass is 16.2. The summed E-state index contributed by atoms with van der Waals surface area (Å²) in [7, 11) is 1.80. The van der Waals surface area contributed by atoms with Gasteiger partial charge in [-0.2, -0.15) is 5.10 Å². The number of carbonyl (C=O) groups excluding carboxylic acids is 2. The lowest BCUT2D eigenvalue weighted by atomic mass is 9.83. The molecule has 0 aromatic heterocycles. The topological polar surface area (TPSA) is 77.0 Å². The molecule has 2 N–H and O–H groups in total. The van der Waals surface area contributed by atoms with Crippen LogP contribution < -0.4 is 15.5 Å². The Hall–Kier alpha value is -4.75. The minimum absolute atomic E-state index is 0.0878. The van der Waals surface area contributed by atoms with Crippen molar-refractivity contribution >= 4 is 34.7 Å². The number of hydrogen-bond acceptors (Lipinski definition) is 4. The van der Waals surface area contributed by atoms with Crippen LogP contribution in [0.1, 0.15) is 57.1 Å². The van der Waals surface area contributed by atoms with Gasteiger partial charge in [0.25, 0.3) is 0 Å². The first kappa shape index (κ1) is 31.2. The number of benzene rings is 4. The number of hydrogen-bond donors (Lipinski definition) is 2. The molecule has 0 unspecified atom stereocenters. The van der Waals surface area contributed by atoms with E-state index in [0.717, 1.165) is 46.5 Å². The molecule has 0 bridgehead atoms. The van der Waals surface area contributed by atoms with Gasteiger partial charge in [0.2, 0.25) is 5.91 Å². The Balaban J connectivity index is 1.40. The van der Waals surface area contributed by atoms with Crippen LogP contribution in [0.2, 0.25) is 0 Å². The monoisotopic (exact) mass is 613 g/mol. The van der Waals surface area contributed by atoms with E-state index in [9.17, 15) is 9.59 Å². The minimum atomic E-state index is -0.304. The van der Waals surface area contributed by atoms with Gasteiger partial charge in [-0.15, -0.1) is 0 Å². The third kappa shape index (κ3) is 6.60. The zero-order valence-electron chi connectivity index (χ0n) is 26.9. The normalized spacial score (nSPS) is 16.1. The number of rotatable bonds is 9. The quantitative estimate of drug-likeness (QED) is 0.198. The van der Waals surface area contributed by atoms with Crippen molar-refractivity contribution in [3.8, 4) is 11.1 Å². The van der Waals surface area contributed by atoms with Crippen molar-refractivity contribution in [3.63, 3.8) is 0 Å². The van der Waals surface area contributed by atoms with Crippen LogP contribution in [0.25, 0.3) is 11.1 Å². The Morgan fingerprint density at radius 3 is 2.17 bits per heavy atom. The molecule has 1 heterocycles. The summed E-state index contributed by atoms with van der Waals surface area (Å²) in [6, 6.07) is 33.7. The van der Waals surface area contributed by atoms with E-state index in [1.54, 1.807) is 17.0 Å². The van der Waals surface area contributed by atoms with Gasteiger partial charge in [0.05, 0.1) is 29.7 Å². The molecule has 7 nitrogen and oxygen atoms in total. The van der Waals surface area contributed by atoms with Gasteiger partial charge < -0.3 is 10.6 Å². The summed E-state index contributed by atoms with van der Waals surface area (Å²) in [6.07, 6.45) is 5.69. The summed E-state index contributed by atoms with van der Waals surface area (Å²) in [5.74, 6) is 0.343. The molecule has 6 rings (SSSR count). The SMILES string of the molecule is CN[C@H](C(=O)Nc1ccc(N2C(=O)N(Cc3ccccc3-c3ccccc3)N=C(C3CCCCC3)c3ccccc32)cc1)C(C)C. The summed E-state index contributed by atoms with van der Waals surface area (Å²) in [5.41, 5.74) is 7.41. The molecule has 1 aliphatic heterocycles. The highest BCUT2D eigenvalue weighted by Crippen LogP contribution is 2.38. The fourth-order valence-electron chi connectivity index (χ4n) is 6.76. The maximum Gasteiger partial charge on any atom is 0.349 e. The first-order valence-corrected chi connectivity index (χ1v) is 16.5. The van der Waals surface area contributed by atoms with Crippen molar-refractivity contribution in [2.45, 2.75) is 58.5 Å². The molecule has 2 aliphatic rings. The molecular weight excluding hydrogens is 570 g/mol. The van der Waals surface area contributed by atoms with Crippen molar-refractivity contribution in [2.75, 3.05) is 17.3 Å². The molecule has 7 heteroatoms. The maximum atomic E-state index is 14.7. The highest BCUT2D eigenvalue weighted by Gasteiger charge is 2.34. The molecule has 1 fully saturated rings. The fraction of sp³-hybridized carbons (Fsp3) is 0.308. The number of fused-ring (bicyclic) bond motifs is 1. The number of hydrazone groups is 1. The van der Waals surface area contributed by atoms with Crippen molar-refractivity contribution in [3.05, 3.63) is 114 Å². The predicted molar refractivity (Wildman–Crippen MR) is 187 cm³/mol. The minimum Gasteiger partial charge on any atom is -0.325 e. The number of para-hydroxylation sites is 1. The largest absolute Gasteiger partial charge is 0.349 e. The van der Waals surface area contributed by atoms with E-state index < -0.39 is 0 Å². The third-order valence-corrected chi connectivity index (χ3v) is 9.13. The number of amides is 3. The lowest BCUT2D eigenvalue weighted by Gasteiger charge is -2.27. The van der Waals surface area contributed by atoms with E-state index in [-0.39, 0.29) is 29.8 Å². The van der Waals surface area contributed by atoms with Crippen LogP contribution in [0.15, 0.2) is 108 Å². The molecule has 0 radical (unpaired) electrons. The van der Waals surface area contributed by atoms with Crippen LogP contribution in [0.5, 0.6) is 0 Å². The van der Waals surface area contributed by atoms with Crippen LogP contribution >= 0.6 is 0 Å². The van der Waals surface area contributed by atoms with Gasteiger partial charge in [-0.25, -0.2) is 9.80 Å². The molecule has 1 atom stereocenters. The van der Waals surface area contributed by atoms with Crippen molar-refractivity contribution in [1.29, 1.82) is 0 Å². The molecule has 1 aliphatic carbocycles. The third-order valence-electron chi connectivity index (χ3n) is 9.13. The van der Waals surface area contributed by atoms with E-state index in [2.05, 4.69) is 41.0 Å². The molecule has 0 spiro atoms. The average Bonchev–Trinajstić information content (AvgIpc) is 3.20. The van der Waals surface area contributed by atoms with Gasteiger partial charge >= 0.3 is 6.03 Å². The first-order chi connectivity index (χ1) is 22.4. The van der Waals surface area contributed by atoms with Crippen LogP contribution in [-0.2, 0) is 11.3 Å². The standard InChI is InChI=1S/C39H43N5O2/c1-27(2)36(40-3)38(45)41-31-22-24-32(25-23-31)44-35-21-13-12-20-34(35)37(29-16-8-5-9-17-29)42-43(39(44)46)26-30-18-10-11-19-33(30)28-14-6-4-7-15-28/h4,6-7,10-15,18-25,27,29,36,40H,5,8-9,16-17,26H2,1-3H3,(H,41,45)/t36-/m0/s1. The zero-order chi connectivity index (χ0) is 32.0. The van der Waals surface area contributed by atoms with Gasteiger partial charge in [-0.1, -0.05) is 106 Å². The average molecular weight is 614 g/mol. The Morgan fingerprint density at radius 1 is 0.826 bits per heavy atom. The second-order valence-corrected chi connectivity index (χ2v) is 12.6. The van der Waals surface area contributed by atoms with Crippen LogP contribution in [-0.4, -0.2) is 35.7 Å². The summed E-state index contributed by atoms with van der Waals surface area (Å²) in [4.78, 5) is 29.4. The van der Waals surface area contributed by atoms with E-state index in [4.69, 9.17) is 5.10 Å². The molecule has 0 saturated heterocycles. The van der Waals surface area contributed by atoms with Crippen LogP contribution in [0.4, 0.5) is 21.9 Å². The Bertz CT molecular complexity index is 1690.